The highest BCUT2D eigenvalue weighted by Gasteiger charge is 2.31. The number of rotatable bonds is 15. The third kappa shape index (κ3) is 9.66. The smallest absolute Gasteiger partial charge is 0.326 e. The molecule has 0 saturated carbocycles. The maximum atomic E-state index is 13.0. The summed E-state index contributed by atoms with van der Waals surface area (Å²) in [5, 5.41) is 18.0. The van der Waals surface area contributed by atoms with E-state index in [0.717, 1.165) is 23.1 Å². The number of aliphatic carboxylic acids is 1. The number of benzene rings is 1. The number of carbonyl (C=O) groups is 4. The molecule has 2 rings (SSSR count). The van der Waals surface area contributed by atoms with Crippen molar-refractivity contribution in [3.63, 3.8) is 0 Å². The average Bonchev–Trinajstić information content (AvgIpc) is 3.29. The molecule has 1 aromatic carbocycles. The van der Waals surface area contributed by atoms with Gasteiger partial charge in [-0.15, -0.1) is 0 Å². The van der Waals surface area contributed by atoms with Crippen LogP contribution in [0.1, 0.15) is 56.2 Å². The summed E-state index contributed by atoms with van der Waals surface area (Å²) < 4.78 is 0. The van der Waals surface area contributed by atoms with Gasteiger partial charge in [0.2, 0.25) is 17.7 Å². The first-order valence-electron chi connectivity index (χ1n) is 12.9. The Kier molecular flexibility index (Phi) is 12.4. The lowest BCUT2D eigenvalue weighted by molar-refractivity contribution is -0.142. The Hall–Kier alpha value is -2.59. The van der Waals surface area contributed by atoms with Crippen LogP contribution in [0.5, 0.6) is 0 Å². The summed E-state index contributed by atoms with van der Waals surface area (Å²) in [6.45, 7) is 9.07. The average molecular weight is 535 g/mol. The van der Waals surface area contributed by atoms with Gasteiger partial charge in [0.15, 0.2) is 0 Å². The molecule has 1 fully saturated rings. The van der Waals surface area contributed by atoms with Crippen LogP contribution < -0.4 is 16.0 Å². The minimum atomic E-state index is -1.05. The summed E-state index contributed by atoms with van der Waals surface area (Å²) >= 11 is 1.53. The lowest BCUT2D eigenvalue weighted by atomic mass is 9.97. The van der Waals surface area contributed by atoms with E-state index in [0.29, 0.717) is 38.1 Å². The predicted molar refractivity (Wildman–Crippen MR) is 146 cm³/mol. The van der Waals surface area contributed by atoms with E-state index < -0.39 is 18.1 Å². The fourth-order valence-electron chi connectivity index (χ4n) is 4.37. The molecule has 9 nitrogen and oxygen atoms in total. The molecule has 1 heterocycles. The molecular weight excluding hydrogens is 492 g/mol. The molecule has 0 bridgehead atoms. The highest BCUT2D eigenvalue weighted by Crippen LogP contribution is 2.18. The summed E-state index contributed by atoms with van der Waals surface area (Å²) in [5.74, 6) is -0.997. The van der Waals surface area contributed by atoms with Gasteiger partial charge in [-0.2, -0.15) is 11.8 Å². The van der Waals surface area contributed by atoms with Gasteiger partial charge in [0.05, 0.1) is 6.54 Å². The Balaban J connectivity index is 2.22. The number of carboxylic acids is 1. The van der Waals surface area contributed by atoms with Crippen molar-refractivity contribution in [1.82, 2.24) is 20.9 Å². The molecule has 0 radical (unpaired) electrons. The van der Waals surface area contributed by atoms with E-state index in [1.54, 1.807) is 0 Å². The maximum Gasteiger partial charge on any atom is 0.326 e. The molecule has 0 spiro atoms. The van der Waals surface area contributed by atoms with Gasteiger partial charge >= 0.3 is 5.97 Å². The van der Waals surface area contributed by atoms with Crippen LogP contribution >= 0.6 is 11.8 Å². The summed E-state index contributed by atoms with van der Waals surface area (Å²) in [4.78, 5) is 51.2. The number of nitrogens with one attached hydrogen (secondary N) is 3. The molecule has 0 unspecified atom stereocenters. The summed E-state index contributed by atoms with van der Waals surface area (Å²) in [6, 6.07) is 4.31. The molecule has 1 saturated heterocycles. The van der Waals surface area contributed by atoms with Crippen LogP contribution in [0.2, 0.25) is 0 Å². The van der Waals surface area contributed by atoms with Gasteiger partial charge in [0.1, 0.15) is 12.1 Å². The first kappa shape index (κ1) is 30.6. The number of hydrogen-bond donors (Lipinski definition) is 4. The molecule has 1 aromatic rings. The van der Waals surface area contributed by atoms with Crippen molar-refractivity contribution >= 4 is 35.5 Å². The van der Waals surface area contributed by atoms with Crippen molar-refractivity contribution in [2.24, 2.45) is 5.92 Å². The SMILES string of the molecule is CC[C@H](C)[C@@H](CN(CC(=O)N[C@@H](CCSC)C(=O)O)Cc1cccc(C)c1C)NC(=O)[C@@H]1CCC(=O)N1. The van der Waals surface area contributed by atoms with E-state index in [4.69, 9.17) is 0 Å². The molecule has 37 heavy (non-hydrogen) atoms. The highest BCUT2D eigenvalue weighted by molar-refractivity contribution is 7.98. The quantitative estimate of drug-likeness (QED) is 0.272. The Bertz CT molecular complexity index is 957. The minimum absolute atomic E-state index is 0.000596. The van der Waals surface area contributed by atoms with Crippen LogP contribution in [0.25, 0.3) is 0 Å². The Morgan fingerprint density at radius 3 is 2.57 bits per heavy atom. The number of hydrogen-bond acceptors (Lipinski definition) is 6. The molecule has 1 aliphatic heterocycles. The van der Waals surface area contributed by atoms with Gasteiger partial charge in [0.25, 0.3) is 0 Å². The van der Waals surface area contributed by atoms with Crippen molar-refractivity contribution in [2.75, 3.05) is 25.1 Å². The molecular formula is C27H42N4O5S. The van der Waals surface area contributed by atoms with Crippen molar-refractivity contribution in [1.29, 1.82) is 0 Å². The summed E-state index contributed by atoms with van der Waals surface area (Å²) in [7, 11) is 0. The van der Waals surface area contributed by atoms with Crippen molar-refractivity contribution < 1.29 is 24.3 Å². The van der Waals surface area contributed by atoms with Crippen LogP contribution in [0, 0.1) is 19.8 Å². The molecule has 4 N–H and O–H groups in total. The van der Waals surface area contributed by atoms with E-state index in [1.807, 2.05) is 50.1 Å². The number of amides is 3. The lowest BCUT2D eigenvalue weighted by Crippen LogP contribution is -2.53. The van der Waals surface area contributed by atoms with Gasteiger partial charge < -0.3 is 21.1 Å². The normalized spacial score (nSPS) is 17.7. The van der Waals surface area contributed by atoms with E-state index in [1.165, 1.54) is 11.8 Å². The van der Waals surface area contributed by atoms with Crippen LogP contribution in [0.4, 0.5) is 0 Å². The summed E-state index contributed by atoms with van der Waals surface area (Å²) in [6.07, 6.45) is 3.87. The largest absolute Gasteiger partial charge is 0.480 e. The predicted octanol–water partition coefficient (Wildman–Crippen LogP) is 2.24. The zero-order valence-electron chi connectivity index (χ0n) is 22.6. The number of nitrogens with zero attached hydrogens (tertiary/aromatic N) is 1. The third-order valence-electron chi connectivity index (χ3n) is 7.15. The third-order valence-corrected chi connectivity index (χ3v) is 7.79. The van der Waals surface area contributed by atoms with E-state index >= 15 is 0 Å². The van der Waals surface area contributed by atoms with Gasteiger partial charge in [-0.1, -0.05) is 38.5 Å². The fourth-order valence-corrected chi connectivity index (χ4v) is 4.84. The second kappa shape index (κ2) is 15.0. The van der Waals surface area contributed by atoms with Crippen LogP contribution in [-0.2, 0) is 25.7 Å². The number of thioether (sulfide) groups is 1. The summed E-state index contributed by atoms with van der Waals surface area (Å²) in [5.41, 5.74) is 3.35. The Morgan fingerprint density at radius 2 is 1.97 bits per heavy atom. The molecule has 0 aliphatic carbocycles. The van der Waals surface area contributed by atoms with Crippen LogP contribution in [0.3, 0.4) is 0 Å². The van der Waals surface area contributed by atoms with E-state index in [2.05, 4.69) is 22.9 Å². The first-order chi connectivity index (χ1) is 17.5. The molecule has 0 aromatic heterocycles. The van der Waals surface area contributed by atoms with Crippen molar-refractivity contribution in [2.45, 2.75) is 78.0 Å². The van der Waals surface area contributed by atoms with Gasteiger partial charge in [-0.3, -0.25) is 19.3 Å². The van der Waals surface area contributed by atoms with Gasteiger partial charge in [-0.25, -0.2) is 4.79 Å². The first-order valence-corrected chi connectivity index (χ1v) is 14.3. The van der Waals surface area contributed by atoms with Gasteiger partial charge in [0, 0.05) is 25.6 Å². The highest BCUT2D eigenvalue weighted by atomic mass is 32.2. The molecule has 1 aliphatic rings. The maximum absolute atomic E-state index is 13.0. The minimum Gasteiger partial charge on any atom is -0.480 e. The molecule has 10 heteroatoms. The van der Waals surface area contributed by atoms with Crippen LogP contribution in [-0.4, -0.2) is 76.9 Å². The van der Waals surface area contributed by atoms with Crippen LogP contribution in [0.15, 0.2) is 18.2 Å². The topological polar surface area (TPSA) is 128 Å². The zero-order valence-corrected chi connectivity index (χ0v) is 23.5. The Morgan fingerprint density at radius 1 is 1.24 bits per heavy atom. The number of aryl methyl sites for hydroxylation is 1. The van der Waals surface area contributed by atoms with Crippen molar-refractivity contribution in [3.8, 4) is 0 Å². The van der Waals surface area contributed by atoms with Crippen molar-refractivity contribution in [3.05, 3.63) is 34.9 Å². The molecule has 206 valence electrons. The van der Waals surface area contributed by atoms with E-state index in [-0.39, 0.29) is 36.2 Å². The number of carbonyl (C=O) groups excluding carboxylic acids is 3. The molecule has 3 amide bonds. The fraction of sp³-hybridized carbons (Fsp3) is 0.630. The second-order valence-corrected chi connectivity index (χ2v) is 10.9. The zero-order chi connectivity index (χ0) is 27.5. The molecule has 4 atom stereocenters. The number of carboxylic acid groups (broad SMARTS) is 1. The monoisotopic (exact) mass is 534 g/mol. The standard InChI is InChI=1S/C27H42N4O5S/c1-6-17(2)23(30-26(34)21-10-11-24(32)28-21)15-31(14-20-9-7-8-18(3)19(20)4)16-25(33)29-22(27(35)36)12-13-37-5/h7-9,17,21-23H,6,10-16H2,1-5H3,(H,28,32)(H,29,33)(H,30,34)(H,35,36)/t17-,21-,22-,23+/m0/s1. The van der Waals surface area contributed by atoms with E-state index in [9.17, 15) is 24.3 Å². The lowest BCUT2D eigenvalue weighted by Gasteiger charge is -2.32. The second-order valence-electron chi connectivity index (χ2n) is 9.93. The van der Waals surface area contributed by atoms with Gasteiger partial charge in [-0.05, 0) is 61.3 Å². The Labute approximate surface area is 224 Å².